The molecule has 0 N–H and O–H groups in total. The van der Waals surface area contributed by atoms with E-state index in [1.807, 2.05) is 20.8 Å². The molecule has 0 saturated carbocycles. The van der Waals surface area contributed by atoms with Gasteiger partial charge in [-0.05, 0) is 63.0 Å². The minimum atomic E-state index is -0.212. The van der Waals surface area contributed by atoms with Crippen molar-refractivity contribution in [2.75, 3.05) is 37.6 Å². The quantitative estimate of drug-likeness (QED) is 0.635. The predicted octanol–water partition coefficient (Wildman–Crippen LogP) is 4.34. The number of anilines is 1. The molecule has 6 heteroatoms. The van der Waals surface area contributed by atoms with E-state index < -0.39 is 0 Å². The first-order valence-corrected chi connectivity index (χ1v) is 11.9. The zero-order chi connectivity index (χ0) is 21.6. The summed E-state index contributed by atoms with van der Waals surface area (Å²) in [7, 11) is 0. The molecule has 2 aliphatic heterocycles. The molecule has 2 fully saturated rings. The Morgan fingerprint density at radius 3 is 2.39 bits per heavy atom. The summed E-state index contributed by atoms with van der Waals surface area (Å²) in [4.78, 5) is 31.2. The van der Waals surface area contributed by atoms with Gasteiger partial charge in [-0.2, -0.15) is 0 Å². The zero-order valence-corrected chi connectivity index (χ0v) is 18.4. The Kier molecular flexibility index (Phi) is 7.25. The van der Waals surface area contributed by atoms with Crippen LogP contribution in [0.15, 0.2) is 36.0 Å². The second-order valence-electron chi connectivity index (χ2n) is 8.97. The number of para-hydroxylation sites is 1. The van der Waals surface area contributed by atoms with E-state index in [1.54, 1.807) is 12.1 Å². The number of piperidine rings is 1. The van der Waals surface area contributed by atoms with Gasteiger partial charge in [0, 0.05) is 51.3 Å². The van der Waals surface area contributed by atoms with E-state index in [1.165, 1.54) is 31.0 Å². The van der Waals surface area contributed by atoms with Crippen LogP contribution in [0.3, 0.4) is 0 Å². The number of allylic oxidation sites excluding steroid dienone is 2. The number of carbonyl (C=O) groups is 2. The highest BCUT2D eigenvalue weighted by Gasteiger charge is 2.30. The van der Waals surface area contributed by atoms with E-state index >= 15 is 0 Å². The average Bonchev–Trinajstić information content (AvgIpc) is 2.81. The van der Waals surface area contributed by atoms with Gasteiger partial charge in [0.05, 0.1) is 5.69 Å². The Hall–Kier alpha value is -2.37. The van der Waals surface area contributed by atoms with Crippen molar-refractivity contribution in [3.63, 3.8) is 0 Å². The lowest BCUT2D eigenvalue weighted by atomic mass is 9.85. The summed E-state index contributed by atoms with van der Waals surface area (Å²) in [5, 5.41) is 0. The van der Waals surface area contributed by atoms with Crippen molar-refractivity contribution < 1.29 is 14.0 Å². The lowest BCUT2D eigenvalue weighted by Gasteiger charge is -2.38. The van der Waals surface area contributed by atoms with Gasteiger partial charge in [0.15, 0.2) is 0 Å². The standard InChI is InChI=1S/C25H34FN3O2/c26-21-10-2-4-12-23(21)27-16-18-28(19-17-27)24(30)13-5-6-14-25(31)29-15-7-9-20-8-1-3-11-22(20)29/h2,4,10-12,20H,1,3,5-9,13-19H2. The average molecular weight is 428 g/mol. The summed E-state index contributed by atoms with van der Waals surface area (Å²) in [5.74, 6) is 0.740. The fourth-order valence-electron chi connectivity index (χ4n) is 5.20. The molecule has 2 heterocycles. The van der Waals surface area contributed by atoms with Crippen LogP contribution in [0.4, 0.5) is 10.1 Å². The Labute approximate surface area is 184 Å². The number of hydrogen-bond acceptors (Lipinski definition) is 3. The van der Waals surface area contributed by atoms with Gasteiger partial charge in [-0.3, -0.25) is 9.59 Å². The Balaban J connectivity index is 1.17. The van der Waals surface area contributed by atoms with Crippen molar-refractivity contribution >= 4 is 17.5 Å². The molecule has 5 nitrogen and oxygen atoms in total. The van der Waals surface area contributed by atoms with Crippen LogP contribution in [0.25, 0.3) is 0 Å². The molecule has 1 atom stereocenters. The van der Waals surface area contributed by atoms with Gasteiger partial charge in [0.1, 0.15) is 5.82 Å². The van der Waals surface area contributed by atoms with E-state index in [0.717, 1.165) is 32.2 Å². The molecule has 1 aromatic rings. The molecular formula is C25H34FN3O2. The monoisotopic (exact) mass is 427 g/mol. The maximum Gasteiger partial charge on any atom is 0.226 e. The molecule has 1 aromatic carbocycles. The third kappa shape index (κ3) is 5.28. The number of nitrogens with zero attached hydrogens (tertiary/aromatic N) is 3. The fourth-order valence-corrected chi connectivity index (χ4v) is 5.20. The maximum atomic E-state index is 14.0. The molecule has 0 radical (unpaired) electrons. The molecule has 0 spiro atoms. The molecule has 1 aliphatic carbocycles. The number of likely N-dealkylation sites (tertiary alicyclic amines) is 1. The van der Waals surface area contributed by atoms with E-state index in [9.17, 15) is 14.0 Å². The minimum Gasteiger partial charge on any atom is -0.366 e. The Bertz CT molecular complexity index is 817. The Morgan fingerprint density at radius 2 is 1.61 bits per heavy atom. The summed E-state index contributed by atoms with van der Waals surface area (Å²) in [5.41, 5.74) is 1.88. The third-order valence-corrected chi connectivity index (χ3v) is 6.93. The number of hydrogen-bond donors (Lipinski definition) is 0. The van der Waals surface area contributed by atoms with Crippen LogP contribution >= 0.6 is 0 Å². The van der Waals surface area contributed by atoms with E-state index in [-0.39, 0.29) is 17.6 Å². The van der Waals surface area contributed by atoms with Gasteiger partial charge in [-0.1, -0.05) is 18.2 Å². The van der Waals surface area contributed by atoms with Crippen molar-refractivity contribution in [3.8, 4) is 0 Å². The number of rotatable bonds is 6. The molecule has 168 valence electrons. The smallest absolute Gasteiger partial charge is 0.226 e. The Morgan fingerprint density at radius 1 is 0.903 bits per heavy atom. The summed E-state index contributed by atoms with van der Waals surface area (Å²) in [6.45, 7) is 3.39. The first-order chi connectivity index (χ1) is 15.1. The summed E-state index contributed by atoms with van der Waals surface area (Å²) in [6, 6.07) is 6.80. The van der Waals surface area contributed by atoms with Crippen LogP contribution in [0.2, 0.25) is 0 Å². The van der Waals surface area contributed by atoms with Crippen LogP contribution in [0.5, 0.6) is 0 Å². The van der Waals surface area contributed by atoms with Crippen molar-refractivity contribution in [2.45, 2.75) is 57.8 Å². The van der Waals surface area contributed by atoms with Gasteiger partial charge in [-0.15, -0.1) is 0 Å². The molecule has 0 bridgehead atoms. The lowest BCUT2D eigenvalue weighted by molar-refractivity contribution is -0.133. The SMILES string of the molecule is O=C(CCCCC(=O)N1CCCC2CCCC=C21)N1CCN(c2ccccc2F)CC1. The summed E-state index contributed by atoms with van der Waals surface area (Å²) in [6.07, 6.45) is 10.7. The van der Waals surface area contributed by atoms with Gasteiger partial charge in [-0.25, -0.2) is 4.39 Å². The molecule has 2 saturated heterocycles. The number of piperazine rings is 1. The number of benzene rings is 1. The van der Waals surface area contributed by atoms with Crippen molar-refractivity contribution in [1.29, 1.82) is 0 Å². The normalized spacial score (nSPS) is 21.5. The number of amides is 2. The molecule has 2 amide bonds. The largest absolute Gasteiger partial charge is 0.366 e. The van der Waals surface area contributed by atoms with Crippen molar-refractivity contribution in [2.24, 2.45) is 5.92 Å². The van der Waals surface area contributed by atoms with Crippen molar-refractivity contribution in [1.82, 2.24) is 9.80 Å². The van der Waals surface area contributed by atoms with Gasteiger partial charge < -0.3 is 14.7 Å². The number of fused-ring (bicyclic) bond motifs is 1. The second kappa shape index (κ2) is 10.3. The first-order valence-electron chi connectivity index (χ1n) is 11.9. The first kappa shape index (κ1) is 21.8. The van der Waals surface area contributed by atoms with Crippen LogP contribution in [-0.2, 0) is 9.59 Å². The minimum absolute atomic E-state index is 0.147. The molecule has 3 aliphatic rings. The third-order valence-electron chi connectivity index (χ3n) is 6.93. The highest BCUT2D eigenvalue weighted by atomic mass is 19.1. The zero-order valence-electron chi connectivity index (χ0n) is 18.4. The van der Waals surface area contributed by atoms with Crippen LogP contribution < -0.4 is 4.90 Å². The van der Waals surface area contributed by atoms with Gasteiger partial charge in [0.2, 0.25) is 11.8 Å². The lowest BCUT2D eigenvalue weighted by Crippen LogP contribution is -2.49. The predicted molar refractivity (Wildman–Crippen MR) is 120 cm³/mol. The highest BCUT2D eigenvalue weighted by molar-refractivity contribution is 5.79. The fraction of sp³-hybridized carbons (Fsp3) is 0.600. The highest BCUT2D eigenvalue weighted by Crippen LogP contribution is 2.35. The van der Waals surface area contributed by atoms with Crippen LogP contribution in [0.1, 0.15) is 57.8 Å². The maximum absolute atomic E-state index is 14.0. The van der Waals surface area contributed by atoms with E-state index in [0.29, 0.717) is 50.6 Å². The molecule has 31 heavy (non-hydrogen) atoms. The number of halogens is 1. The summed E-state index contributed by atoms with van der Waals surface area (Å²) < 4.78 is 14.0. The van der Waals surface area contributed by atoms with Crippen LogP contribution in [-0.4, -0.2) is 54.3 Å². The van der Waals surface area contributed by atoms with E-state index in [2.05, 4.69) is 6.08 Å². The molecule has 0 aromatic heterocycles. The van der Waals surface area contributed by atoms with Gasteiger partial charge in [0.25, 0.3) is 0 Å². The van der Waals surface area contributed by atoms with Crippen LogP contribution in [0, 0.1) is 11.7 Å². The van der Waals surface area contributed by atoms with E-state index in [4.69, 9.17) is 0 Å². The molecule has 1 unspecified atom stereocenters. The molecule has 4 rings (SSSR count). The molecular weight excluding hydrogens is 393 g/mol. The van der Waals surface area contributed by atoms with Crippen molar-refractivity contribution in [3.05, 3.63) is 41.9 Å². The second-order valence-corrected chi connectivity index (χ2v) is 8.97. The summed E-state index contributed by atoms with van der Waals surface area (Å²) >= 11 is 0. The number of carbonyl (C=O) groups excluding carboxylic acids is 2. The topological polar surface area (TPSA) is 43.9 Å². The van der Waals surface area contributed by atoms with Gasteiger partial charge >= 0.3 is 0 Å². The number of unbranched alkanes of at least 4 members (excludes halogenated alkanes) is 1.